The first-order valence-corrected chi connectivity index (χ1v) is 7.36. The number of nitrogen functional groups attached to an aromatic ring is 1. The highest BCUT2D eigenvalue weighted by atomic mass is 35.5. The van der Waals surface area contributed by atoms with Gasteiger partial charge < -0.3 is 5.73 Å². The lowest BCUT2D eigenvalue weighted by molar-refractivity contribution is 0.932. The van der Waals surface area contributed by atoms with Crippen molar-refractivity contribution in [3.8, 4) is 6.07 Å². The largest absolute Gasteiger partial charge is 0.382 e. The number of aryl methyl sites for hydroxylation is 1. The predicted octanol–water partition coefficient (Wildman–Crippen LogP) is 3.84. The van der Waals surface area contributed by atoms with E-state index in [0.717, 1.165) is 5.56 Å². The van der Waals surface area contributed by atoms with Crippen molar-refractivity contribution in [1.29, 1.82) is 5.26 Å². The molecular formula is C13H10Cl2N4S. The first kappa shape index (κ1) is 14.9. The standard InChI is InChI=1S/C13H10Cl2N4S/c1-7-10(5-16)12(17)19-13(18-7)20-6-8-2-3-9(14)4-11(8)15/h2-4H,6H2,1H3,(H2,17,18,19). The molecule has 0 aliphatic heterocycles. The van der Waals surface area contributed by atoms with Crippen molar-refractivity contribution in [3.05, 3.63) is 45.1 Å². The van der Waals surface area contributed by atoms with Gasteiger partial charge in [0.2, 0.25) is 0 Å². The fourth-order valence-corrected chi connectivity index (χ4v) is 3.01. The molecule has 0 aliphatic carbocycles. The van der Waals surface area contributed by atoms with Crippen LogP contribution in [0.2, 0.25) is 10.0 Å². The molecule has 0 saturated carbocycles. The van der Waals surface area contributed by atoms with E-state index >= 15 is 0 Å². The maximum absolute atomic E-state index is 8.91. The Balaban J connectivity index is 2.17. The van der Waals surface area contributed by atoms with E-state index in [1.807, 2.05) is 12.1 Å². The lowest BCUT2D eigenvalue weighted by Crippen LogP contribution is -2.02. The Morgan fingerprint density at radius 2 is 2.10 bits per heavy atom. The van der Waals surface area contributed by atoms with E-state index in [4.69, 9.17) is 34.2 Å². The van der Waals surface area contributed by atoms with Crippen LogP contribution in [0.3, 0.4) is 0 Å². The molecular weight excluding hydrogens is 315 g/mol. The SMILES string of the molecule is Cc1nc(SCc2ccc(Cl)cc2Cl)nc(N)c1C#N. The Morgan fingerprint density at radius 3 is 2.70 bits per heavy atom. The average molecular weight is 325 g/mol. The fraction of sp³-hybridized carbons (Fsp3) is 0.154. The van der Waals surface area contributed by atoms with Gasteiger partial charge in [-0.3, -0.25) is 0 Å². The Hall–Kier alpha value is -1.48. The molecule has 0 bridgehead atoms. The number of hydrogen-bond donors (Lipinski definition) is 1. The zero-order valence-electron chi connectivity index (χ0n) is 10.5. The second kappa shape index (κ2) is 6.31. The minimum atomic E-state index is 0.199. The number of halogens is 2. The summed E-state index contributed by atoms with van der Waals surface area (Å²) in [6, 6.07) is 7.32. The summed E-state index contributed by atoms with van der Waals surface area (Å²) < 4.78 is 0. The van der Waals surface area contributed by atoms with Crippen molar-refractivity contribution < 1.29 is 0 Å². The van der Waals surface area contributed by atoms with Crippen LogP contribution in [0.15, 0.2) is 23.4 Å². The molecule has 0 amide bonds. The average Bonchev–Trinajstić information content (AvgIpc) is 2.37. The molecule has 102 valence electrons. The molecule has 0 fully saturated rings. The molecule has 20 heavy (non-hydrogen) atoms. The van der Waals surface area contributed by atoms with Gasteiger partial charge in [-0.25, -0.2) is 9.97 Å². The first-order valence-electron chi connectivity index (χ1n) is 5.62. The summed E-state index contributed by atoms with van der Waals surface area (Å²) in [6.07, 6.45) is 0. The van der Waals surface area contributed by atoms with Crippen LogP contribution >= 0.6 is 35.0 Å². The Labute approximate surface area is 130 Å². The van der Waals surface area contributed by atoms with Gasteiger partial charge in [-0.05, 0) is 24.6 Å². The van der Waals surface area contributed by atoms with Gasteiger partial charge in [0.15, 0.2) is 5.16 Å². The number of rotatable bonds is 3. The van der Waals surface area contributed by atoms with E-state index in [1.54, 1.807) is 19.1 Å². The van der Waals surface area contributed by atoms with Gasteiger partial charge in [-0.2, -0.15) is 5.26 Å². The van der Waals surface area contributed by atoms with Crippen LogP contribution < -0.4 is 5.73 Å². The van der Waals surface area contributed by atoms with Gasteiger partial charge >= 0.3 is 0 Å². The molecule has 0 spiro atoms. The molecule has 0 radical (unpaired) electrons. The summed E-state index contributed by atoms with van der Waals surface area (Å²) >= 11 is 13.3. The third kappa shape index (κ3) is 3.34. The van der Waals surface area contributed by atoms with Crippen molar-refractivity contribution in [3.63, 3.8) is 0 Å². The number of aromatic nitrogens is 2. The minimum absolute atomic E-state index is 0.199. The fourth-order valence-electron chi connectivity index (χ4n) is 1.55. The first-order chi connectivity index (χ1) is 9.51. The lowest BCUT2D eigenvalue weighted by Gasteiger charge is -2.06. The van der Waals surface area contributed by atoms with Gasteiger partial charge in [0.1, 0.15) is 17.5 Å². The highest BCUT2D eigenvalue weighted by Gasteiger charge is 2.10. The maximum Gasteiger partial charge on any atom is 0.190 e. The number of benzene rings is 1. The number of nitrogens with zero attached hydrogens (tertiary/aromatic N) is 3. The Morgan fingerprint density at radius 1 is 1.35 bits per heavy atom. The number of hydrogen-bond acceptors (Lipinski definition) is 5. The van der Waals surface area contributed by atoms with E-state index in [1.165, 1.54) is 11.8 Å². The van der Waals surface area contributed by atoms with Crippen LogP contribution in [0.4, 0.5) is 5.82 Å². The van der Waals surface area contributed by atoms with Gasteiger partial charge in [-0.15, -0.1) is 0 Å². The molecule has 2 N–H and O–H groups in total. The summed E-state index contributed by atoms with van der Waals surface area (Å²) in [5, 5.41) is 10.6. The van der Waals surface area contributed by atoms with Gasteiger partial charge in [-0.1, -0.05) is 41.0 Å². The smallest absolute Gasteiger partial charge is 0.190 e. The lowest BCUT2D eigenvalue weighted by atomic mass is 10.2. The number of nitriles is 1. The molecule has 2 rings (SSSR count). The van der Waals surface area contributed by atoms with Gasteiger partial charge in [0.25, 0.3) is 0 Å². The molecule has 1 aromatic heterocycles. The van der Waals surface area contributed by atoms with Gasteiger partial charge in [0.05, 0.1) is 5.69 Å². The minimum Gasteiger partial charge on any atom is -0.382 e. The quantitative estimate of drug-likeness (QED) is 0.685. The van der Waals surface area contributed by atoms with Crippen molar-refractivity contribution in [1.82, 2.24) is 9.97 Å². The van der Waals surface area contributed by atoms with E-state index in [0.29, 0.717) is 32.2 Å². The third-order valence-corrected chi connectivity index (χ3v) is 4.06. The summed E-state index contributed by atoms with van der Waals surface area (Å²) in [5.74, 6) is 0.797. The number of anilines is 1. The van der Waals surface area contributed by atoms with Crippen molar-refractivity contribution >= 4 is 40.8 Å². The van der Waals surface area contributed by atoms with Crippen LogP contribution in [0, 0.1) is 18.3 Å². The molecule has 7 heteroatoms. The van der Waals surface area contributed by atoms with Crippen molar-refractivity contribution in [2.24, 2.45) is 0 Å². The molecule has 1 aromatic carbocycles. The summed E-state index contributed by atoms with van der Waals surface area (Å²) in [7, 11) is 0. The van der Waals surface area contributed by atoms with E-state index in [9.17, 15) is 0 Å². The molecule has 0 atom stereocenters. The molecule has 4 nitrogen and oxygen atoms in total. The second-order valence-electron chi connectivity index (χ2n) is 3.99. The van der Waals surface area contributed by atoms with Crippen LogP contribution in [0.25, 0.3) is 0 Å². The highest BCUT2D eigenvalue weighted by molar-refractivity contribution is 7.98. The molecule has 1 heterocycles. The van der Waals surface area contributed by atoms with Crippen LogP contribution in [0.1, 0.15) is 16.8 Å². The summed E-state index contributed by atoms with van der Waals surface area (Å²) in [6.45, 7) is 1.73. The van der Waals surface area contributed by atoms with Crippen LogP contribution in [-0.4, -0.2) is 9.97 Å². The Bertz CT molecular complexity index is 674. The second-order valence-corrected chi connectivity index (χ2v) is 5.77. The van der Waals surface area contributed by atoms with E-state index in [-0.39, 0.29) is 5.82 Å². The van der Waals surface area contributed by atoms with Crippen LogP contribution in [0.5, 0.6) is 0 Å². The molecule has 0 saturated heterocycles. The molecule has 0 aliphatic rings. The van der Waals surface area contributed by atoms with Crippen LogP contribution in [-0.2, 0) is 5.75 Å². The number of nitrogens with two attached hydrogens (primary N) is 1. The zero-order valence-corrected chi connectivity index (χ0v) is 12.9. The van der Waals surface area contributed by atoms with E-state index < -0.39 is 0 Å². The maximum atomic E-state index is 8.91. The normalized spacial score (nSPS) is 10.3. The van der Waals surface area contributed by atoms with Gasteiger partial charge in [0, 0.05) is 15.8 Å². The summed E-state index contributed by atoms with van der Waals surface area (Å²) in [5.41, 5.74) is 7.55. The molecule has 0 unspecified atom stereocenters. The topological polar surface area (TPSA) is 75.6 Å². The highest BCUT2D eigenvalue weighted by Crippen LogP contribution is 2.28. The van der Waals surface area contributed by atoms with E-state index in [2.05, 4.69) is 9.97 Å². The number of thioether (sulfide) groups is 1. The Kier molecular flexibility index (Phi) is 4.71. The third-order valence-electron chi connectivity index (χ3n) is 2.58. The molecule has 2 aromatic rings. The van der Waals surface area contributed by atoms with Crippen molar-refractivity contribution in [2.45, 2.75) is 17.8 Å². The monoisotopic (exact) mass is 324 g/mol. The van der Waals surface area contributed by atoms with Crippen molar-refractivity contribution in [2.75, 3.05) is 5.73 Å². The summed E-state index contributed by atoms with van der Waals surface area (Å²) in [4.78, 5) is 8.35. The zero-order chi connectivity index (χ0) is 14.7. The predicted molar refractivity (Wildman–Crippen MR) is 81.9 cm³/mol.